The molecule has 3 aromatic rings. The number of hydrogen-bond donors (Lipinski definition) is 1. The number of fused-ring (bicyclic) bond motifs is 3. The molecule has 190 valence electrons. The van der Waals surface area contributed by atoms with E-state index in [-0.39, 0.29) is 29.2 Å². The summed E-state index contributed by atoms with van der Waals surface area (Å²) in [5.41, 5.74) is 4.47. The van der Waals surface area contributed by atoms with Gasteiger partial charge in [-0.2, -0.15) is 0 Å². The highest BCUT2D eigenvalue weighted by Crippen LogP contribution is 2.55. The summed E-state index contributed by atoms with van der Waals surface area (Å²) in [6.07, 6.45) is 4.44. The van der Waals surface area contributed by atoms with Crippen LogP contribution < -0.4 is 0 Å². The molecule has 0 aliphatic heterocycles. The summed E-state index contributed by atoms with van der Waals surface area (Å²) in [7, 11) is 0. The van der Waals surface area contributed by atoms with Crippen LogP contribution in [0, 0.1) is 18.8 Å². The van der Waals surface area contributed by atoms with Crippen LogP contribution in [0.4, 0.5) is 0 Å². The Hall–Kier alpha value is -3.87. The van der Waals surface area contributed by atoms with Gasteiger partial charge >= 0.3 is 11.9 Å². The second-order valence-electron chi connectivity index (χ2n) is 10.0. The summed E-state index contributed by atoms with van der Waals surface area (Å²) in [6, 6.07) is 12.5. The number of aromatic nitrogens is 2. The Morgan fingerprint density at radius 1 is 1.14 bits per heavy atom. The van der Waals surface area contributed by atoms with Gasteiger partial charge in [-0.25, -0.2) is 19.6 Å². The molecule has 2 aromatic carbocycles. The second-order valence-corrected chi connectivity index (χ2v) is 10.0. The number of carboxylic acids is 1. The Morgan fingerprint density at radius 3 is 2.59 bits per heavy atom. The maximum Gasteiger partial charge on any atom is 0.338 e. The lowest BCUT2D eigenvalue weighted by molar-refractivity contribution is -0.128. The first-order valence-corrected chi connectivity index (χ1v) is 12.8. The van der Waals surface area contributed by atoms with Crippen molar-refractivity contribution in [3.63, 3.8) is 0 Å². The Balaban J connectivity index is 1.68. The number of rotatable bonds is 5. The first-order chi connectivity index (χ1) is 17.8. The first-order valence-electron chi connectivity index (χ1n) is 12.8. The van der Waals surface area contributed by atoms with Gasteiger partial charge < -0.3 is 9.84 Å². The van der Waals surface area contributed by atoms with Crippen molar-refractivity contribution in [2.45, 2.75) is 51.9 Å². The van der Waals surface area contributed by atoms with E-state index in [1.807, 2.05) is 38.2 Å². The summed E-state index contributed by atoms with van der Waals surface area (Å²) in [6.45, 7) is 5.93. The average molecular weight is 499 g/mol. The predicted octanol–water partition coefficient (Wildman–Crippen LogP) is 5.17. The van der Waals surface area contributed by atoms with Gasteiger partial charge in [0.25, 0.3) is 0 Å². The molecule has 0 unspecified atom stereocenters. The van der Waals surface area contributed by atoms with Crippen LogP contribution in [0.1, 0.15) is 76.2 Å². The van der Waals surface area contributed by atoms with Crippen molar-refractivity contribution >= 4 is 17.7 Å². The number of carbonyl (C=O) groups is 3. The average Bonchev–Trinajstić information content (AvgIpc) is 2.90. The third kappa shape index (κ3) is 4.02. The zero-order chi connectivity index (χ0) is 26.3. The van der Waals surface area contributed by atoms with Crippen molar-refractivity contribution < 1.29 is 24.2 Å². The van der Waals surface area contributed by atoms with Gasteiger partial charge in [-0.3, -0.25) is 4.79 Å². The maximum atomic E-state index is 12.9. The van der Waals surface area contributed by atoms with E-state index in [1.165, 1.54) is 0 Å². The van der Waals surface area contributed by atoms with Crippen molar-refractivity contribution in [2.75, 3.05) is 6.61 Å². The highest BCUT2D eigenvalue weighted by atomic mass is 16.5. The van der Waals surface area contributed by atoms with Crippen molar-refractivity contribution in [3.8, 4) is 11.4 Å². The van der Waals surface area contributed by atoms with E-state index in [1.54, 1.807) is 31.2 Å². The smallest absolute Gasteiger partial charge is 0.338 e. The molecule has 1 aromatic heterocycles. The van der Waals surface area contributed by atoms with Gasteiger partial charge in [0, 0.05) is 29.5 Å². The lowest BCUT2D eigenvalue weighted by atomic mass is 9.52. The van der Waals surface area contributed by atoms with Gasteiger partial charge in [0.15, 0.2) is 5.82 Å². The van der Waals surface area contributed by atoms with E-state index in [9.17, 15) is 19.5 Å². The number of carbonyl (C=O) groups excluding carboxylic acids is 2. The van der Waals surface area contributed by atoms with Crippen LogP contribution in [0.3, 0.4) is 0 Å². The Morgan fingerprint density at radius 2 is 1.89 bits per heavy atom. The minimum absolute atomic E-state index is 0.0120. The molecule has 2 aliphatic rings. The number of Topliss-reactive ketones (excluding diaryl/α,β-unsaturated/α-hetero) is 1. The fraction of sp³-hybridized carbons (Fsp3) is 0.367. The third-order valence-electron chi connectivity index (χ3n) is 8.22. The van der Waals surface area contributed by atoms with Crippen LogP contribution in [0.5, 0.6) is 0 Å². The molecule has 1 fully saturated rings. The molecule has 0 bridgehead atoms. The Kier molecular flexibility index (Phi) is 6.40. The van der Waals surface area contributed by atoms with Crippen LogP contribution in [0.25, 0.3) is 11.4 Å². The van der Waals surface area contributed by atoms with Gasteiger partial charge in [-0.1, -0.05) is 31.2 Å². The molecule has 0 saturated heterocycles. The van der Waals surface area contributed by atoms with E-state index in [0.29, 0.717) is 36.4 Å². The molecule has 0 amide bonds. The lowest BCUT2D eigenvalue weighted by Gasteiger charge is -2.50. The zero-order valence-electron chi connectivity index (χ0n) is 21.3. The first kappa shape index (κ1) is 24.8. The largest absolute Gasteiger partial charge is 0.478 e. The van der Waals surface area contributed by atoms with Crippen molar-refractivity contribution in [1.29, 1.82) is 0 Å². The summed E-state index contributed by atoms with van der Waals surface area (Å²) in [5.74, 6) is -0.703. The van der Waals surface area contributed by atoms with Crippen LogP contribution in [0.15, 0.2) is 48.7 Å². The number of esters is 1. The number of ketones is 1. The molecule has 1 heterocycles. The maximum absolute atomic E-state index is 12.9. The van der Waals surface area contributed by atoms with Gasteiger partial charge in [-0.15, -0.1) is 0 Å². The van der Waals surface area contributed by atoms with Crippen LogP contribution in [-0.4, -0.2) is 39.4 Å². The van der Waals surface area contributed by atoms with Crippen LogP contribution >= 0.6 is 0 Å². The van der Waals surface area contributed by atoms with Crippen LogP contribution in [0.2, 0.25) is 0 Å². The molecule has 5 rings (SSSR count). The fourth-order valence-corrected chi connectivity index (χ4v) is 6.38. The molecule has 1 N–H and O–H groups in total. The third-order valence-corrected chi connectivity index (χ3v) is 8.22. The fourth-order valence-electron chi connectivity index (χ4n) is 6.38. The summed E-state index contributed by atoms with van der Waals surface area (Å²) in [5, 5.41) is 9.85. The second kappa shape index (κ2) is 9.54. The van der Waals surface area contributed by atoms with E-state index < -0.39 is 11.4 Å². The molecule has 7 nitrogen and oxygen atoms in total. The van der Waals surface area contributed by atoms with Gasteiger partial charge in [-0.05, 0) is 73.9 Å². The quantitative estimate of drug-likeness (QED) is 0.483. The standard InChI is InChI=1S/C30H30N2O5/c1-4-37-29(36)20-10-8-19(9-11-20)27-31-16-21-12-13-24-18(3)25(33)14-15-30(24,26(21)32-27)23-7-5-6-22(17(23)2)28(34)35/h5-11,16,18,24H,4,12-15H2,1-3H3,(H,34,35)/t18-,24-,30+/m0/s1. The Bertz CT molecular complexity index is 1400. The van der Waals surface area contributed by atoms with Crippen LogP contribution in [-0.2, 0) is 21.4 Å². The molecule has 0 radical (unpaired) electrons. The molecule has 37 heavy (non-hydrogen) atoms. The topological polar surface area (TPSA) is 106 Å². The summed E-state index contributed by atoms with van der Waals surface area (Å²) >= 11 is 0. The van der Waals surface area contributed by atoms with Crippen molar-refractivity contribution in [3.05, 3.63) is 82.2 Å². The molecule has 7 heteroatoms. The monoisotopic (exact) mass is 498 g/mol. The number of aryl methyl sites for hydroxylation is 1. The van der Waals surface area contributed by atoms with E-state index >= 15 is 0 Å². The van der Waals surface area contributed by atoms with Gasteiger partial charge in [0.05, 0.1) is 23.4 Å². The summed E-state index contributed by atoms with van der Waals surface area (Å²) < 4.78 is 5.09. The lowest BCUT2D eigenvalue weighted by Crippen LogP contribution is -2.50. The molecule has 2 aliphatic carbocycles. The van der Waals surface area contributed by atoms with E-state index in [4.69, 9.17) is 9.72 Å². The molecule has 3 atom stereocenters. The molecular formula is C30H30N2O5. The number of hydrogen-bond acceptors (Lipinski definition) is 6. The molecular weight excluding hydrogens is 468 g/mol. The minimum atomic E-state index is -0.965. The SMILES string of the molecule is CCOC(=O)c1ccc(-c2ncc3c(n2)[C@@]2(c4cccc(C(=O)O)c4C)CCC(=O)[C@@H](C)[C@@H]2CC3)cc1. The normalized spacial score (nSPS) is 22.6. The van der Waals surface area contributed by atoms with Gasteiger partial charge in [0.2, 0.25) is 0 Å². The van der Waals surface area contributed by atoms with E-state index in [2.05, 4.69) is 4.98 Å². The number of nitrogens with zero attached hydrogens (tertiary/aromatic N) is 2. The molecule has 1 saturated carbocycles. The van der Waals surface area contributed by atoms with Crippen molar-refractivity contribution in [2.24, 2.45) is 11.8 Å². The summed E-state index contributed by atoms with van der Waals surface area (Å²) in [4.78, 5) is 46.7. The minimum Gasteiger partial charge on any atom is -0.478 e. The predicted molar refractivity (Wildman–Crippen MR) is 138 cm³/mol. The number of ether oxygens (including phenoxy) is 1. The number of carboxylic acid groups (broad SMARTS) is 1. The van der Waals surface area contributed by atoms with Gasteiger partial charge in [0.1, 0.15) is 5.78 Å². The zero-order valence-corrected chi connectivity index (χ0v) is 21.3. The highest BCUT2D eigenvalue weighted by molar-refractivity contribution is 5.91. The Labute approximate surface area is 215 Å². The van der Waals surface area contributed by atoms with E-state index in [0.717, 1.165) is 35.2 Å². The van der Waals surface area contributed by atoms with Crippen molar-refractivity contribution in [1.82, 2.24) is 9.97 Å². The number of aromatic carboxylic acids is 1. The number of benzene rings is 2. The molecule has 0 spiro atoms. The highest BCUT2D eigenvalue weighted by Gasteiger charge is 2.53.